The van der Waals surface area contributed by atoms with Gasteiger partial charge in [-0.25, -0.2) is 4.98 Å². The molecule has 0 amide bonds. The van der Waals surface area contributed by atoms with Gasteiger partial charge in [0, 0.05) is 12.0 Å². The van der Waals surface area contributed by atoms with E-state index in [2.05, 4.69) is 4.98 Å². The maximum absolute atomic E-state index is 5.82. The molecule has 1 aromatic carbocycles. The third-order valence-corrected chi connectivity index (χ3v) is 2.54. The molecule has 3 nitrogen and oxygen atoms in total. The first kappa shape index (κ1) is 12.1. The van der Waals surface area contributed by atoms with Gasteiger partial charge in [0.15, 0.2) is 6.29 Å². The molecular weight excluding hydrogens is 238 g/mol. The fourth-order valence-corrected chi connectivity index (χ4v) is 1.77. The Morgan fingerprint density at radius 3 is 2.88 bits per heavy atom. The summed E-state index contributed by atoms with van der Waals surface area (Å²) >= 11 is 5.82. The summed E-state index contributed by atoms with van der Waals surface area (Å²) in [5.41, 5.74) is 0.855. The Morgan fingerprint density at radius 2 is 2.12 bits per heavy atom. The molecule has 0 N–H and O–H groups in total. The zero-order chi connectivity index (χ0) is 12.3. The van der Waals surface area contributed by atoms with Crippen molar-refractivity contribution in [3.05, 3.63) is 35.5 Å². The molecule has 0 radical (unpaired) electrons. The quantitative estimate of drug-likeness (QED) is 0.614. The Labute approximate surface area is 105 Å². The van der Waals surface area contributed by atoms with Crippen LogP contribution in [0.5, 0.6) is 5.75 Å². The highest BCUT2D eigenvalue weighted by Gasteiger charge is 2.04. The van der Waals surface area contributed by atoms with Crippen molar-refractivity contribution in [3.8, 4) is 5.75 Å². The van der Waals surface area contributed by atoms with Crippen LogP contribution in [-0.4, -0.2) is 17.9 Å². The SMILES string of the molecule is CCOC(C)Oc1ccc2nc(Cl)ccc2c1. The first-order chi connectivity index (χ1) is 8.19. The zero-order valence-corrected chi connectivity index (χ0v) is 10.6. The normalized spacial score (nSPS) is 12.6. The molecule has 1 atom stereocenters. The van der Waals surface area contributed by atoms with Gasteiger partial charge < -0.3 is 9.47 Å². The minimum atomic E-state index is -0.252. The molecule has 0 aliphatic carbocycles. The molecule has 0 aliphatic rings. The number of halogens is 1. The summed E-state index contributed by atoms with van der Waals surface area (Å²) in [7, 11) is 0. The van der Waals surface area contributed by atoms with E-state index in [1.54, 1.807) is 6.07 Å². The molecule has 1 unspecified atom stereocenters. The molecule has 0 saturated heterocycles. The molecule has 0 bridgehead atoms. The smallest absolute Gasteiger partial charge is 0.196 e. The number of hydrogen-bond donors (Lipinski definition) is 0. The minimum absolute atomic E-state index is 0.252. The third-order valence-electron chi connectivity index (χ3n) is 2.33. The summed E-state index contributed by atoms with van der Waals surface area (Å²) in [4.78, 5) is 4.21. The monoisotopic (exact) mass is 251 g/mol. The van der Waals surface area contributed by atoms with Crippen LogP contribution in [0.4, 0.5) is 0 Å². The first-order valence-corrected chi connectivity index (χ1v) is 5.91. The highest BCUT2D eigenvalue weighted by molar-refractivity contribution is 6.29. The largest absolute Gasteiger partial charge is 0.465 e. The van der Waals surface area contributed by atoms with Crippen molar-refractivity contribution in [2.45, 2.75) is 20.1 Å². The summed E-state index contributed by atoms with van der Waals surface area (Å²) in [6.07, 6.45) is -0.252. The fraction of sp³-hybridized carbons (Fsp3) is 0.308. The molecule has 2 aromatic rings. The summed E-state index contributed by atoms with van der Waals surface area (Å²) in [5.74, 6) is 0.766. The lowest BCUT2D eigenvalue weighted by Gasteiger charge is -2.14. The van der Waals surface area contributed by atoms with Crippen LogP contribution >= 0.6 is 11.6 Å². The van der Waals surface area contributed by atoms with Gasteiger partial charge in [0.05, 0.1) is 5.52 Å². The predicted molar refractivity (Wildman–Crippen MR) is 68.5 cm³/mol. The van der Waals surface area contributed by atoms with E-state index in [0.717, 1.165) is 16.7 Å². The molecule has 0 aliphatic heterocycles. The number of nitrogens with zero attached hydrogens (tertiary/aromatic N) is 1. The van der Waals surface area contributed by atoms with Crippen LogP contribution in [0.3, 0.4) is 0 Å². The third kappa shape index (κ3) is 3.08. The van der Waals surface area contributed by atoms with Crippen LogP contribution in [0, 0.1) is 0 Å². The molecule has 1 aromatic heterocycles. The average Bonchev–Trinajstić information content (AvgIpc) is 2.29. The van der Waals surface area contributed by atoms with Gasteiger partial charge in [-0.1, -0.05) is 11.6 Å². The van der Waals surface area contributed by atoms with E-state index in [4.69, 9.17) is 21.1 Å². The topological polar surface area (TPSA) is 31.4 Å². The number of ether oxygens (including phenoxy) is 2. The molecule has 0 saturated carbocycles. The number of rotatable bonds is 4. The van der Waals surface area contributed by atoms with Crippen LogP contribution in [0.25, 0.3) is 10.9 Å². The van der Waals surface area contributed by atoms with Crippen molar-refractivity contribution in [3.63, 3.8) is 0 Å². The van der Waals surface area contributed by atoms with E-state index < -0.39 is 0 Å². The van der Waals surface area contributed by atoms with Crippen LogP contribution in [0.2, 0.25) is 5.15 Å². The number of aromatic nitrogens is 1. The van der Waals surface area contributed by atoms with Crippen LogP contribution in [0.1, 0.15) is 13.8 Å². The first-order valence-electron chi connectivity index (χ1n) is 5.53. The van der Waals surface area contributed by atoms with E-state index in [-0.39, 0.29) is 6.29 Å². The summed E-state index contributed by atoms with van der Waals surface area (Å²) in [6, 6.07) is 9.35. The van der Waals surface area contributed by atoms with E-state index in [1.165, 1.54) is 0 Å². The van der Waals surface area contributed by atoms with Crippen LogP contribution in [0.15, 0.2) is 30.3 Å². The Balaban J connectivity index is 2.23. The molecular formula is C13H14ClNO2. The maximum atomic E-state index is 5.82. The van der Waals surface area contributed by atoms with Gasteiger partial charge in [0.1, 0.15) is 10.9 Å². The van der Waals surface area contributed by atoms with Gasteiger partial charge in [0.2, 0.25) is 0 Å². The van der Waals surface area contributed by atoms with Gasteiger partial charge in [-0.05, 0) is 44.2 Å². The lowest BCUT2D eigenvalue weighted by Crippen LogP contribution is -2.15. The summed E-state index contributed by atoms with van der Waals surface area (Å²) in [5, 5.41) is 1.49. The van der Waals surface area contributed by atoms with Crippen molar-refractivity contribution in [2.24, 2.45) is 0 Å². The summed E-state index contributed by atoms with van der Waals surface area (Å²) < 4.78 is 10.9. The molecule has 1 heterocycles. The molecule has 0 spiro atoms. The van der Waals surface area contributed by atoms with Crippen molar-refractivity contribution >= 4 is 22.5 Å². The fourth-order valence-electron chi connectivity index (χ4n) is 1.61. The maximum Gasteiger partial charge on any atom is 0.196 e. The standard InChI is InChI=1S/C13H14ClNO2/c1-3-16-9(2)17-11-5-6-12-10(8-11)4-7-13(14)15-12/h4-9H,3H2,1-2H3. The number of pyridine rings is 1. The van der Waals surface area contributed by atoms with Crippen LogP contribution in [-0.2, 0) is 4.74 Å². The average molecular weight is 252 g/mol. The highest BCUT2D eigenvalue weighted by Crippen LogP contribution is 2.22. The molecule has 0 fully saturated rings. The number of hydrogen-bond acceptors (Lipinski definition) is 3. The van der Waals surface area contributed by atoms with E-state index in [9.17, 15) is 0 Å². The second-order valence-corrected chi connectivity index (χ2v) is 4.02. The Bertz CT molecular complexity index is 516. The van der Waals surface area contributed by atoms with Gasteiger partial charge in [-0.2, -0.15) is 0 Å². The van der Waals surface area contributed by atoms with E-state index in [0.29, 0.717) is 11.8 Å². The predicted octanol–water partition coefficient (Wildman–Crippen LogP) is 3.65. The van der Waals surface area contributed by atoms with Gasteiger partial charge >= 0.3 is 0 Å². The van der Waals surface area contributed by atoms with Crippen molar-refractivity contribution in [1.82, 2.24) is 4.98 Å². The van der Waals surface area contributed by atoms with Gasteiger partial charge in [-0.3, -0.25) is 0 Å². The second-order valence-electron chi connectivity index (χ2n) is 3.63. The van der Waals surface area contributed by atoms with Crippen molar-refractivity contribution in [1.29, 1.82) is 0 Å². The minimum Gasteiger partial charge on any atom is -0.465 e. The highest BCUT2D eigenvalue weighted by atomic mass is 35.5. The zero-order valence-electron chi connectivity index (χ0n) is 9.81. The van der Waals surface area contributed by atoms with Crippen LogP contribution < -0.4 is 4.74 Å². The number of benzene rings is 1. The molecule has 17 heavy (non-hydrogen) atoms. The lowest BCUT2D eigenvalue weighted by molar-refractivity contribution is -0.0612. The molecule has 90 valence electrons. The molecule has 4 heteroatoms. The Hall–Kier alpha value is -1.32. The van der Waals surface area contributed by atoms with Crippen molar-refractivity contribution < 1.29 is 9.47 Å². The number of fused-ring (bicyclic) bond motifs is 1. The van der Waals surface area contributed by atoms with Gasteiger partial charge in [-0.15, -0.1) is 0 Å². The lowest BCUT2D eigenvalue weighted by atomic mass is 10.2. The Morgan fingerprint density at radius 1 is 1.29 bits per heavy atom. The van der Waals surface area contributed by atoms with Crippen molar-refractivity contribution in [2.75, 3.05) is 6.61 Å². The molecule has 2 rings (SSSR count). The second kappa shape index (κ2) is 5.34. The van der Waals surface area contributed by atoms with E-state index >= 15 is 0 Å². The Kier molecular flexibility index (Phi) is 3.82. The van der Waals surface area contributed by atoms with Gasteiger partial charge in [0.25, 0.3) is 0 Å². The summed E-state index contributed by atoms with van der Waals surface area (Å²) in [6.45, 7) is 4.44. The van der Waals surface area contributed by atoms with E-state index in [1.807, 2.05) is 38.1 Å².